The number of halogens is 4. The van der Waals surface area contributed by atoms with Crippen LogP contribution in [-0.2, 0) is 17.5 Å². The highest BCUT2D eigenvalue weighted by atomic mass is 35.5. The molecule has 5 rings (SSSR count). The summed E-state index contributed by atoms with van der Waals surface area (Å²) in [5.74, 6) is -0.257. The average Bonchev–Trinajstić information content (AvgIpc) is 3.24. The van der Waals surface area contributed by atoms with Gasteiger partial charge in [0.15, 0.2) is 6.29 Å². The molecule has 0 radical (unpaired) electrons. The van der Waals surface area contributed by atoms with Crippen LogP contribution in [0.4, 0.5) is 18.0 Å². The Morgan fingerprint density at radius 1 is 1.00 bits per heavy atom. The summed E-state index contributed by atoms with van der Waals surface area (Å²) in [4.78, 5) is 32.9. The highest BCUT2D eigenvalue weighted by Crippen LogP contribution is 2.44. The Morgan fingerprint density at radius 2 is 1.64 bits per heavy atom. The molecule has 3 aromatic carbocycles. The van der Waals surface area contributed by atoms with E-state index in [1.54, 1.807) is 0 Å². The number of benzene rings is 3. The summed E-state index contributed by atoms with van der Waals surface area (Å²) < 4.78 is 47.9. The number of amides is 1. The summed E-state index contributed by atoms with van der Waals surface area (Å²) in [5, 5.41) is 0.111. The van der Waals surface area contributed by atoms with Crippen molar-refractivity contribution in [2.45, 2.75) is 23.7 Å². The van der Waals surface area contributed by atoms with Crippen LogP contribution in [0.3, 0.4) is 0 Å². The molecule has 0 atom stereocenters. The topological polar surface area (TPSA) is 72.4 Å². The van der Waals surface area contributed by atoms with E-state index in [0.717, 1.165) is 44.8 Å². The van der Waals surface area contributed by atoms with Crippen LogP contribution in [0, 0.1) is 0 Å². The maximum absolute atomic E-state index is 13.8. The minimum absolute atomic E-state index is 0.0385. The highest BCUT2D eigenvalue weighted by Gasteiger charge is 2.35. The molecule has 0 aliphatic heterocycles. The first kappa shape index (κ1) is 26.7. The Hall–Kier alpha value is -3.89. The van der Waals surface area contributed by atoms with Gasteiger partial charge in [0.2, 0.25) is 0 Å². The Labute approximate surface area is 230 Å². The molecule has 1 heterocycles. The predicted molar refractivity (Wildman–Crippen MR) is 140 cm³/mol. The fraction of sp³-hybridized carbons (Fsp3) is 0.143. The summed E-state index contributed by atoms with van der Waals surface area (Å²) in [6.45, 7) is -0.571. The first-order chi connectivity index (χ1) is 18.8. The summed E-state index contributed by atoms with van der Waals surface area (Å²) in [6, 6.07) is 18.7. The second kappa shape index (κ2) is 11.1. The third-order valence-electron chi connectivity index (χ3n) is 6.23. The molecule has 11 heteroatoms. The molecule has 0 fully saturated rings. The molecule has 0 saturated heterocycles. The maximum Gasteiger partial charge on any atom is 0.420 e. The molecule has 1 aliphatic carbocycles. The molecule has 198 valence electrons. The number of carbonyl (C=O) groups excluding carboxylic acids is 2. The van der Waals surface area contributed by atoms with Gasteiger partial charge in [-0.2, -0.15) is 13.2 Å². The maximum atomic E-state index is 13.8. The fourth-order valence-corrected chi connectivity index (χ4v) is 5.55. The lowest BCUT2D eigenvalue weighted by Gasteiger charge is -2.24. The van der Waals surface area contributed by atoms with E-state index in [4.69, 9.17) is 16.3 Å². The van der Waals surface area contributed by atoms with Gasteiger partial charge in [-0.15, -0.1) is 0 Å². The first-order valence-corrected chi connectivity index (χ1v) is 12.8. The number of aromatic nitrogens is 2. The van der Waals surface area contributed by atoms with E-state index in [1.165, 1.54) is 12.4 Å². The lowest BCUT2D eigenvalue weighted by atomic mass is 9.98. The van der Waals surface area contributed by atoms with Crippen LogP contribution in [-0.4, -0.2) is 33.3 Å². The number of carbonyl (C=O) groups is 2. The minimum atomic E-state index is -4.68. The molecule has 0 spiro atoms. The van der Waals surface area contributed by atoms with Crippen molar-refractivity contribution in [3.8, 4) is 11.1 Å². The largest absolute Gasteiger partial charge is 0.448 e. The van der Waals surface area contributed by atoms with E-state index in [2.05, 4.69) is 9.97 Å². The normalized spacial score (nSPS) is 12.5. The van der Waals surface area contributed by atoms with Crippen LogP contribution >= 0.6 is 23.5 Å². The van der Waals surface area contributed by atoms with Gasteiger partial charge in [-0.3, -0.25) is 4.79 Å². The van der Waals surface area contributed by atoms with Gasteiger partial charge in [-0.05, 0) is 46.0 Å². The lowest BCUT2D eigenvalue weighted by molar-refractivity contribution is -0.138. The van der Waals surface area contributed by atoms with Gasteiger partial charge in [0.25, 0.3) is 0 Å². The summed E-state index contributed by atoms with van der Waals surface area (Å²) >= 11 is 6.67. The monoisotopic (exact) mass is 569 g/mol. The molecule has 0 bridgehead atoms. The van der Waals surface area contributed by atoms with Crippen LogP contribution in [0.25, 0.3) is 11.1 Å². The first-order valence-electron chi connectivity index (χ1n) is 11.7. The molecule has 1 aliphatic rings. The summed E-state index contributed by atoms with van der Waals surface area (Å²) in [6.07, 6.45) is -2.53. The molecular weight excluding hydrogens is 551 g/mol. The zero-order valence-corrected chi connectivity index (χ0v) is 21.6. The smallest absolute Gasteiger partial charge is 0.420 e. The van der Waals surface area contributed by atoms with Gasteiger partial charge in [-0.25, -0.2) is 19.1 Å². The Bertz CT molecular complexity index is 1500. The molecule has 0 saturated carbocycles. The van der Waals surface area contributed by atoms with Crippen molar-refractivity contribution in [2.75, 3.05) is 6.61 Å². The van der Waals surface area contributed by atoms with Crippen molar-refractivity contribution in [2.24, 2.45) is 0 Å². The van der Waals surface area contributed by atoms with Gasteiger partial charge in [0, 0.05) is 35.3 Å². The molecule has 1 aromatic heterocycles. The van der Waals surface area contributed by atoms with E-state index >= 15 is 0 Å². The fourth-order valence-electron chi connectivity index (χ4n) is 4.52. The van der Waals surface area contributed by atoms with Crippen LogP contribution in [0.15, 0.2) is 84.1 Å². The van der Waals surface area contributed by atoms with Gasteiger partial charge >= 0.3 is 12.3 Å². The molecule has 0 N–H and O–H groups in total. The van der Waals surface area contributed by atoms with Gasteiger partial charge in [-0.1, -0.05) is 60.1 Å². The number of fused-ring (bicyclic) bond motifs is 3. The molecule has 1 amide bonds. The van der Waals surface area contributed by atoms with Crippen LogP contribution in [0.5, 0.6) is 0 Å². The predicted octanol–water partition coefficient (Wildman–Crippen LogP) is 7.42. The van der Waals surface area contributed by atoms with Crippen molar-refractivity contribution < 1.29 is 27.5 Å². The number of rotatable bonds is 7. The van der Waals surface area contributed by atoms with Crippen LogP contribution < -0.4 is 0 Å². The Balaban J connectivity index is 1.45. The standard InChI is InChI=1S/C28H19ClF3N3O3S/c29-18-9-10-24(28(30,31)32)17(13-18)14-35(39-26-25(15-36)33-11-12-34-26)27(37)38-16-23-21-7-3-1-5-19(21)20-6-2-4-8-22(20)23/h1-13,15,23H,14,16H2. The summed E-state index contributed by atoms with van der Waals surface area (Å²) in [7, 11) is 0. The number of hydrogen-bond acceptors (Lipinski definition) is 6. The molecular formula is C28H19ClF3N3O3S. The zero-order chi connectivity index (χ0) is 27.6. The Kier molecular flexibility index (Phi) is 7.58. The highest BCUT2D eigenvalue weighted by molar-refractivity contribution is 7.97. The van der Waals surface area contributed by atoms with Crippen molar-refractivity contribution >= 4 is 35.9 Å². The van der Waals surface area contributed by atoms with Gasteiger partial charge in [0.05, 0.1) is 12.1 Å². The number of ether oxygens (including phenoxy) is 1. The molecule has 39 heavy (non-hydrogen) atoms. The van der Waals surface area contributed by atoms with E-state index in [0.29, 0.717) is 18.2 Å². The molecule has 0 unspecified atom stereocenters. The number of alkyl halides is 3. The van der Waals surface area contributed by atoms with Gasteiger partial charge < -0.3 is 4.74 Å². The third-order valence-corrected chi connectivity index (χ3v) is 7.45. The SMILES string of the molecule is O=Cc1nccnc1SN(Cc1cc(Cl)ccc1C(F)(F)F)C(=O)OCC1c2ccccc2-c2ccccc21. The van der Waals surface area contributed by atoms with Crippen molar-refractivity contribution in [3.05, 3.63) is 112 Å². The van der Waals surface area contributed by atoms with Crippen LogP contribution in [0.1, 0.15) is 38.7 Å². The number of hydrogen-bond donors (Lipinski definition) is 0. The van der Waals surface area contributed by atoms with E-state index in [1.807, 2.05) is 48.5 Å². The van der Waals surface area contributed by atoms with Crippen LogP contribution in [0.2, 0.25) is 5.02 Å². The Morgan fingerprint density at radius 3 is 2.28 bits per heavy atom. The molecule has 4 aromatic rings. The van der Waals surface area contributed by atoms with E-state index in [9.17, 15) is 22.8 Å². The third kappa shape index (κ3) is 5.62. The van der Waals surface area contributed by atoms with E-state index < -0.39 is 24.4 Å². The number of nitrogens with zero attached hydrogens (tertiary/aromatic N) is 3. The van der Waals surface area contributed by atoms with Gasteiger partial charge in [0.1, 0.15) is 17.3 Å². The van der Waals surface area contributed by atoms with Crippen molar-refractivity contribution in [3.63, 3.8) is 0 Å². The van der Waals surface area contributed by atoms with Crippen molar-refractivity contribution in [1.82, 2.24) is 14.3 Å². The quantitative estimate of drug-likeness (QED) is 0.170. The molecule has 6 nitrogen and oxygen atoms in total. The number of aldehydes is 1. The second-order valence-electron chi connectivity index (χ2n) is 8.60. The zero-order valence-electron chi connectivity index (χ0n) is 20.1. The van der Waals surface area contributed by atoms with Crippen molar-refractivity contribution in [1.29, 1.82) is 0 Å². The minimum Gasteiger partial charge on any atom is -0.448 e. The summed E-state index contributed by atoms with van der Waals surface area (Å²) in [5.41, 5.74) is 2.77. The average molecular weight is 570 g/mol. The van der Waals surface area contributed by atoms with E-state index in [-0.39, 0.29) is 33.8 Å². The lowest BCUT2D eigenvalue weighted by Crippen LogP contribution is -2.28. The second-order valence-corrected chi connectivity index (χ2v) is 10.0.